The number of Topliss-reactive ketones (excluding diaryl/α,β-unsaturated/α-hetero) is 1. The second-order valence-electron chi connectivity index (χ2n) is 10.9. The highest BCUT2D eigenvalue weighted by atomic mass is 19.1. The van der Waals surface area contributed by atoms with E-state index < -0.39 is 25.1 Å². The maximum atomic E-state index is 10.9. The van der Waals surface area contributed by atoms with Crippen molar-refractivity contribution in [3.05, 3.63) is 0 Å². The third kappa shape index (κ3) is 17.5. The van der Waals surface area contributed by atoms with Crippen molar-refractivity contribution in [2.24, 2.45) is 23.7 Å². The third-order valence-corrected chi connectivity index (χ3v) is 7.47. The Bertz CT molecular complexity index is 693. The summed E-state index contributed by atoms with van der Waals surface area (Å²) >= 11 is 0. The maximum Gasteiger partial charge on any atom is 0.307 e. The first-order valence-corrected chi connectivity index (χ1v) is 14.2. The average Bonchev–Trinajstić information content (AvgIpc) is 2.95. The second-order valence-corrected chi connectivity index (χ2v) is 10.9. The molecule has 0 bridgehead atoms. The SMILES string of the molecule is CC(=O)[C@H]1CCCN(C)C1.CN1CCC[C@H](C(=O)O)C1.O=C(O)C1CCCNC1.O=C(O)[C@H]1CCCNC1.[2H]CF. The van der Waals surface area contributed by atoms with Gasteiger partial charge in [-0.25, -0.2) is 0 Å². The predicted octanol–water partition coefficient (Wildman–Crippen LogP) is 2.06. The van der Waals surface area contributed by atoms with Crippen molar-refractivity contribution in [1.29, 1.82) is 0 Å². The number of nitrogens with one attached hydrogen (secondary N) is 2. The monoisotopic (exact) mass is 577 g/mol. The molecule has 0 aliphatic carbocycles. The maximum absolute atomic E-state index is 10.9. The number of hydrogen-bond acceptors (Lipinski definition) is 8. The van der Waals surface area contributed by atoms with Gasteiger partial charge in [0, 0.05) is 32.1 Å². The summed E-state index contributed by atoms with van der Waals surface area (Å²) in [4.78, 5) is 46.3. The van der Waals surface area contributed by atoms with E-state index in [1.165, 1.54) is 6.42 Å². The van der Waals surface area contributed by atoms with Crippen LogP contribution in [0.2, 0.25) is 0 Å². The number of aliphatic carboxylic acids is 3. The molecule has 0 aromatic carbocycles. The quantitative estimate of drug-likeness (QED) is 0.333. The normalized spacial score (nSPS) is 27.1. The fourth-order valence-electron chi connectivity index (χ4n) is 4.99. The second kappa shape index (κ2) is 22.5. The van der Waals surface area contributed by atoms with E-state index >= 15 is 0 Å². The number of piperidine rings is 4. The molecule has 4 aliphatic heterocycles. The highest BCUT2D eigenvalue weighted by molar-refractivity contribution is 5.78. The number of alkyl halides is 1. The summed E-state index contributed by atoms with van der Waals surface area (Å²) in [7, 11) is 3.05. The van der Waals surface area contributed by atoms with Crippen LogP contribution in [0, 0.1) is 23.7 Å². The van der Waals surface area contributed by atoms with Gasteiger partial charge in [-0.05, 0) is 98.6 Å². The van der Waals surface area contributed by atoms with Gasteiger partial charge >= 0.3 is 17.9 Å². The molecule has 0 spiro atoms. The predicted molar refractivity (Wildman–Crippen MR) is 152 cm³/mol. The van der Waals surface area contributed by atoms with Crippen molar-refractivity contribution in [2.75, 3.05) is 73.6 Å². The molecule has 4 rings (SSSR count). The van der Waals surface area contributed by atoms with Crippen molar-refractivity contribution in [1.82, 2.24) is 20.4 Å². The van der Waals surface area contributed by atoms with Gasteiger partial charge in [0.25, 0.3) is 0 Å². The molecule has 40 heavy (non-hydrogen) atoms. The number of hydrogen-bond donors (Lipinski definition) is 5. The minimum absolute atomic E-state index is 0.126. The van der Waals surface area contributed by atoms with Crippen LogP contribution in [0.15, 0.2) is 0 Å². The zero-order chi connectivity index (χ0) is 31.2. The van der Waals surface area contributed by atoms with E-state index in [4.69, 9.17) is 16.7 Å². The van der Waals surface area contributed by atoms with Crippen LogP contribution in [0.5, 0.6) is 0 Å². The number of carbonyl (C=O) groups excluding carboxylic acids is 1. The number of carboxylic acid groups (broad SMARTS) is 3. The number of rotatable bonds is 4. The molecule has 0 aromatic heterocycles. The van der Waals surface area contributed by atoms with Crippen LogP contribution >= 0.6 is 0 Å². The van der Waals surface area contributed by atoms with Crippen LogP contribution in [-0.4, -0.2) is 122 Å². The van der Waals surface area contributed by atoms with Crippen molar-refractivity contribution < 1.29 is 40.3 Å². The lowest BCUT2D eigenvalue weighted by molar-refractivity contribution is -0.144. The lowest BCUT2D eigenvalue weighted by atomic mass is 9.95. The molecule has 0 aromatic rings. The molecule has 4 fully saturated rings. The van der Waals surface area contributed by atoms with E-state index in [1.54, 1.807) is 6.92 Å². The van der Waals surface area contributed by atoms with E-state index in [-0.39, 0.29) is 17.8 Å². The zero-order valence-corrected chi connectivity index (χ0v) is 24.6. The molecule has 11 nitrogen and oxygen atoms in total. The molecule has 12 heteroatoms. The molecule has 4 aliphatic rings. The van der Waals surface area contributed by atoms with Crippen LogP contribution in [0.1, 0.15) is 59.7 Å². The summed E-state index contributed by atoms with van der Waals surface area (Å²) in [6.45, 7) is 8.83. The van der Waals surface area contributed by atoms with E-state index in [0.29, 0.717) is 24.8 Å². The number of carbonyl (C=O) groups is 4. The van der Waals surface area contributed by atoms with Crippen molar-refractivity contribution in [2.45, 2.75) is 58.3 Å². The zero-order valence-electron chi connectivity index (χ0n) is 25.6. The first kappa shape index (κ1) is 35.9. The number of likely N-dealkylation sites (tertiary alicyclic amines) is 2. The van der Waals surface area contributed by atoms with E-state index in [9.17, 15) is 23.6 Å². The Balaban J connectivity index is 0.000000504. The van der Waals surface area contributed by atoms with Crippen LogP contribution < -0.4 is 10.6 Å². The molecule has 234 valence electrons. The lowest BCUT2D eigenvalue weighted by Gasteiger charge is -2.27. The first-order valence-electron chi connectivity index (χ1n) is 15.0. The van der Waals surface area contributed by atoms with Crippen LogP contribution in [-0.2, 0) is 19.2 Å². The van der Waals surface area contributed by atoms with Gasteiger partial charge < -0.3 is 35.8 Å². The Hall–Kier alpha value is -2.15. The smallest absolute Gasteiger partial charge is 0.307 e. The Kier molecular flexibility index (Phi) is 20.2. The Morgan fingerprint density at radius 3 is 1.27 bits per heavy atom. The highest BCUT2D eigenvalue weighted by Crippen LogP contribution is 2.15. The largest absolute Gasteiger partial charge is 0.481 e. The molecule has 4 atom stereocenters. The lowest BCUT2D eigenvalue weighted by Crippen LogP contribution is -2.35. The van der Waals surface area contributed by atoms with Crippen molar-refractivity contribution in [3.8, 4) is 0 Å². The fourth-order valence-corrected chi connectivity index (χ4v) is 4.99. The number of halogens is 1. The number of carboxylic acids is 3. The van der Waals surface area contributed by atoms with Crippen LogP contribution in [0.3, 0.4) is 0 Å². The van der Waals surface area contributed by atoms with Crippen LogP contribution in [0.4, 0.5) is 4.39 Å². The van der Waals surface area contributed by atoms with Gasteiger partial charge in [-0.3, -0.25) is 23.6 Å². The highest BCUT2D eigenvalue weighted by Gasteiger charge is 2.23. The van der Waals surface area contributed by atoms with Gasteiger partial charge in [0.15, 0.2) is 0 Å². The summed E-state index contributed by atoms with van der Waals surface area (Å²) in [5.74, 6) is -1.71. The van der Waals surface area contributed by atoms with Gasteiger partial charge in [0.2, 0.25) is 0 Å². The number of ketones is 1. The van der Waals surface area contributed by atoms with E-state index in [1.807, 2.05) is 7.05 Å². The standard InChI is InChI=1S/C8H15NO.C7H13NO2.2C6H11NO2.CH3F/c1-7(10)8-4-3-5-9(2)6-8;1-8-4-2-3-6(5-8)7(9)10;2*8-6(9)5-2-1-3-7-4-5;1-2/h8H,3-6H2,1-2H3;6H,2-5H2,1H3,(H,9,10);2*5,7H,1-4H2,(H,8,9);1H3/t8-;6-;5-;;/m000../s1/i;;;;1D. The molecule has 0 radical (unpaired) electrons. The fraction of sp³-hybridized carbons (Fsp3) is 0.857. The van der Waals surface area contributed by atoms with Crippen molar-refractivity contribution >= 4 is 23.7 Å². The summed E-state index contributed by atoms with van der Waals surface area (Å²) < 4.78 is 15.5. The van der Waals surface area contributed by atoms with E-state index in [2.05, 4.69) is 27.5 Å². The summed E-state index contributed by atoms with van der Waals surface area (Å²) in [6.07, 6.45) is 7.81. The Labute approximate surface area is 240 Å². The van der Waals surface area contributed by atoms with Gasteiger partial charge in [-0.15, -0.1) is 0 Å². The molecule has 1 unspecified atom stereocenters. The van der Waals surface area contributed by atoms with Gasteiger partial charge in [0.1, 0.15) is 5.78 Å². The molecule has 4 saturated heterocycles. The Morgan fingerprint density at radius 1 is 0.700 bits per heavy atom. The van der Waals surface area contributed by atoms with Gasteiger partial charge in [0.05, 0.1) is 26.3 Å². The van der Waals surface area contributed by atoms with Gasteiger partial charge in [-0.1, -0.05) is 0 Å². The summed E-state index contributed by atoms with van der Waals surface area (Å²) in [6, 6.07) is 0. The van der Waals surface area contributed by atoms with E-state index in [0.717, 1.165) is 84.2 Å². The average molecular weight is 578 g/mol. The van der Waals surface area contributed by atoms with Crippen molar-refractivity contribution in [3.63, 3.8) is 0 Å². The Morgan fingerprint density at radius 2 is 1.05 bits per heavy atom. The molecule has 5 N–H and O–H groups in total. The van der Waals surface area contributed by atoms with Gasteiger partial charge in [-0.2, -0.15) is 0 Å². The van der Waals surface area contributed by atoms with Crippen LogP contribution in [0.25, 0.3) is 0 Å². The molecular weight excluding hydrogens is 523 g/mol. The third-order valence-electron chi connectivity index (χ3n) is 7.47. The summed E-state index contributed by atoms with van der Waals surface area (Å²) in [5.41, 5.74) is 0. The molecule has 4 heterocycles. The minimum atomic E-state index is -1.00. The first-order chi connectivity index (χ1) is 19.4. The number of nitrogens with zero attached hydrogens (tertiary/aromatic N) is 2. The summed E-state index contributed by atoms with van der Waals surface area (Å²) in [5, 5.41) is 31.7. The minimum Gasteiger partial charge on any atom is -0.481 e. The molecule has 0 saturated carbocycles. The topological polar surface area (TPSA) is 160 Å². The molecule has 0 amide bonds. The molecular formula is C28H53FN4O7.